The molecule has 6 N–H and O–H groups in total. The van der Waals surface area contributed by atoms with Crippen LogP contribution in [0.2, 0.25) is 0 Å². The average molecular weight is 555 g/mol. The van der Waals surface area contributed by atoms with Gasteiger partial charge in [0.25, 0.3) is 0 Å². The number of anilines is 1. The van der Waals surface area contributed by atoms with Gasteiger partial charge in [0.05, 0.1) is 35.7 Å². The number of nitrogens with two attached hydrogens (primary N) is 2. The number of nitrogens with zero attached hydrogens (tertiary/aromatic N) is 4. The van der Waals surface area contributed by atoms with Crippen LogP contribution in [0, 0.1) is 17.1 Å². The molecular formula is C31H35FN8O. The van der Waals surface area contributed by atoms with Crippen LogP contribution in [0.1, 0.15) is 50.1 Å². The fourth-order valence-corrected chi connectivity index (χ4v) is 4.44. The molecule has 1 amide bonds. The molecule has 3 aromatic rings. The zero-order valence-corrected chi connectivity index (χ0v) is 23.5. The first kappa shape index (κ1) is 29.5. The normalized spacial score (nSPS) is 17.4. The maximum atomic E-state index is 13.6. The zero-order valence-electron chi connectivity index (χ0n) is 23.5. The van der Waals surface area contributed by atoms with Gasteiger partial charge in [-0.1, -0.05) is 36.4 Å². The summed E-state index contributed by atoms with van der Waals surface area (Å²) in [6.45, 7) is 6.21. The first-order valence-corrected chi connectivity index (χ1v) is 13.4. The van der Waals surface area contributed by atoms with Gasteiger partial charge in [0, 0.05) is 23.9 Å². The van der Waals surface area contributed by atoms with Crippen molar-refractivity contribution in [1.29, 1.82) is 5.26 Å². The molecule has 0 saturated carbocycles. The minimum absolute atomic E-state index is 0.127. The number of nitrogens with one attached hydrogen (secondary N) is 2. The Balaban J connectivity index is 1.49. The van der Waals surface area contributed by atoms with Crippen molar-refractivity contribution in [3.05, 3.63) is 89.0 Å². The van der Waals surface area contributed by atoms with E-state index in [4.69, 9.17) is 16.5 Å². The van der Waals surface area contributed by atoms with Gasteiger partial charge in [0.1, 0.15) is 23.2 Å². The summed E-state index contributed by atoms with van der Waals surface area (Å²) >= 11 is 0. The van der Waals surface area contributed by atoms with Gasteiger partial charge in [-0.2, -0.15) is 5.26 Å². The molecule has 0 spiro atoms. The van der Waals surface area contributed by atoms with Crippen LogP contribution in [0.5, 0.6) is 0 Å². The summed E-state index contributed by atoms with van der Waals surface area (Å²) in [7, 11) is 0. The number of amides is 1. The van der Waals surface area contributed by atoms with Gasteiger partial charge in [0.2, 0.25) is 5.91 Å². The third kappa shape index (κ3) is 7.60. The van der Waals surface area contributed by atoms with Crippen molar-refractivity contribution in [2.45, 2.75) is 57.3 Å². The highest BCUT2D eigenvalue weighted by Crippen LogP contribution is 2.23. The number of nitrogen functional groups attached to an aromatic ring is 1. The summed E-state index contributed by atoms with van der Waals surface area (Å²) in [6, 6.07) is 15.4. The van der Waals surface area contributed by atoms with Gasteiger partial charge in [-0.15, -0.1) is 0 Å². The van der Waals surface area contributed by atoms with Crippen molar-refractivity contribution in [1.82, 2.24) is 20.6 Å². The maximum Gasteiger partial charge on any atom is 0.246 e. The topological polar surface area (TPSA) is 155 Å². The van der Waals surface area contributed by atoms with Crippen molar-refractivity contribution in [2.75, 3.05) is 12.3 Å². The van der Waals surface area contributed by atoms with E-state index < -0.39 is 5.54 Å². The van der Waals surface area contributed by atoms with Crippen molar-refractivity contribution in [3.63, 3.8) is 0 Å². The highest BCUT2D eigenvalue weighted by Gasteiger charge is 2.38. The molecule has 41 heavy (non-hydrogen) atoms. The van der Waals surface area contributed by atoms with Crippen LogP contribution in [0.4, 0.5) is 10.2 Å². The standard InChI is InChI=1S/C31H35FN8O/c1-20(23-8-10-25(32)11-9-23)39-29(41)31(14-22(15-33)16-36-19-31)38-17-21-4-6-24(7-5-21)27-18-37-28(34)26(40-27)12-13-30(2,3)35/h4-11,14,16,18,20,38H,12-13,17,19,35H2,1-3H3,(H2,34,37)(H,39,41). The molecule has 2 unspecified atom stereocenters. The second-order valence-electron chi connectivity index (χ2n) is 11.0. The second-order valence-corrected chi connectivity index (χ2v) is 11.0. The van der Waals surface area contributed by atoms with Crippen molar-refractivity contribution in [2.24, 2.45) is 10.7 Å². The summed E-state index contributed by atoms with van der Waals surface area (Å²) in [5, 5.41) is 15.8. The van der Waals surface area contributed by atoms with E-state index in [1.165, 1.54) is 18.3 Å². The molecule has 212 valence electrons. The second kappa shape index (κ2) is 12.4. The van der Waals surface area contributed by atoms with E-state index in [-0.39, 0.29) is 29.8 Å². The van der Waals surface area contributed by atoms with Crippen LogP contribution >= 0.6 is 0 Å². The fraction of sp³-hybridized carbons (Fsp3) is 0.323. The number of carbonyl (C=O) groups is 1. The van der Waals surface area contributed by atoms with Gasteiger partial charge in [-0.3, -0.25) is 15.1 Å². The number of nitriles is 1. The SMILES string of the molecule is CC(NC(=O)C1(NCc2ccc(-c3cnc(N)c(CCC(C)(C)N)n3)cc2)C=C(C#N)C=NC1)c1ccc(F)cc1. The molecular weight excluding hydrogens is 519 g/mol. The molecule has 0 bridgehead atoms. The molecule has 4 rings (SSSR count). The maximum absolute atomic E-state index is 13.6. The molecule has 2 aromatic carbocycles. The molecule has 2 atom stereocenters. The zero-order chi connectivity index (χ0) is 29.6. The number of benzene rings is 2. The number of aromatic nitrogens is 2. The lowest BCUT2D eigenvalue weighted by Gasteiger charge is -2.32. The first-order chi connectivity index (χ1) is 19.5. The summed E-state index contributed by atoms with van der Waals surface area (Å²) in [5.74, 6) is -0.281. The van der Waals surface area contributed by atoms with Gasteiger partial charge in [-0.25, -0.2) is 14.4 Å². The summed E-state index contributed by atoms with van der Waals surface area (Å²) in [4.78, 5) is 26.9. The van der Waals surface area contributed by atoms with Crippen LogP contribution in [0.25, 0.3) is 11.3 Å². The smallest absolute Gasteiger partial charge is 0.246 e. The molecule has 1 aliphatic heterocycles. The van der Waals surface area contributed by atoms with E-state index in [2.05, 4.69) is 26.7 Å². The van der Waals surface area contributed by atoms with Crippen LogP contribution in [0.3, 0.4) is 0 Å². The number of hydrogen-bond donors (Lipinski definition) is 4. The van der Waals surface area contributed by atoms with Gasteiger partial charge >= 0.3 is 0 Å². The Hall–Kier alpha value is -4.46. The van der Waals surface area contributed by atoms with Crippen LogP contribution in [-0.4, -0.2) is 39.7 Å². The monoisotopic (exact) mass is 554 g/mol. The molecule has 9 nitrogen and oxygen atoms in total. The lowest BCUT2D eigenvalue weighted by atomic mass is 9.92. The minimum Gasteiger partial charge on any atom is -0.382 e. The molecule has 0 fully saturated rings. The summed E-state index contributed by atoms with van der Waals surface area (Å²) < 4.78 is 13.4. The molecule has 1 aromatic heterocycles. The lowest BCUT2D eigenvalue weighted by molar-refractivity contribution is -0.126. The Labute approximate surface area is 239 Å². The highest BCUT2D eigenvalue weighted by atomic mass is 19.1. The Morgan fingerprint density at radius 3 is 2.56 bits per heavy atom. The third-order valence-corrected chi connectivity index (χ3v) is 6.97. The van der Waals surface area contributed by atoms with Gasteiger partial charge < -0.3 is 16.8 Å². The first-order valence-electron chi connectivity index (χ1n) is 13.4. The number of aryl methyl sites for hydroxylation is 1. The Morgan fingerprint density at radius 2 is 1.90 bits per heavy atom. The third-order valence-electron chi connectivity index (χ3n) is 6.97. The average Bonchev–Trinajstić information content (AvgIpc) is 2.96. The number of carbonyl (C=O) groups excluding carboxylic acids is 1. The quantitative estimate of drug-likeness (QED) is 0.297. The lowest BCUT2D eigenvalue weighted by Crippen LogP contribution is -2.58. The summed E-state index contributed by atoms with van der Waals surface area (Å²) in [5.41, 5.74) is 14.9. The Bertz CT molecular complexity index is 1490. The number of allylic oxidation sites excluding steroid dienone is 1. The molecule has 2 heterocycles. The number of hydrogen-bond acceptors (Lipinski definition) is 8. The number of dihydropyridines is 1. The van der Waals surface area contributed by atoms with Gasteiger partial charge in [-0.05, 0) is 62.9 Å². The van der Waals surface area contributed by atoms with Gasteiger partial charge in [0.15, 0.2) is 0 Å². The van der Waals surface area contributed by atoms with E-state index >= 15 is 0 Å². The van der Waals surface area contributed by atoms with E-state index in [1.54, 1.807) is 24.4 Å². The highest BCUT2D eigenvalue weighted by molar-refractivity contribution is 5.95. The van der Waals surface area contributed by atoms with E-state index in [0.717, 1.165) is 23.1 Å². The number of aliphatic imine (C=N–C) groups is 1. The number of halogens is 1. The Kier molecular flexibility index (Phi) is 8.91. The van der Waals surface area contributed by atoms with Crippen molar-refractivity contribution >= 4 is 17.9 Å². The van der Waals surface area contributed by atoms with E-state index in [1.807, 2.05) is 45.0 Å². The van der Waals surface area contributed by atoms with Crippen LogP contribution in [-0.2, 0) is 17.8 Å². The largest absolute Gasteiger partial charge is 0.382 e. The Morgan fingerprint density at radius 1 is 1.20 bits per heavy atom. The van der Waals surface area contributed by atoms with Crippen LogP contribution < -0.4 is 22.1 Å². The fourth-order valence-electron chi connectivity index (χ4n) is 4.44. The molecule has 0 radical (unpaired) electrons. The van der Waals surface area contributed by atoms with E-state index in [9.17, 15) is 14.4 Å². The molecule has 0 aliphatic carbocycles. The summed E-state index contributed by atoms with van der Waals surface area (Å²) in [6.07, 6.45) is 6.07. The molecule has 0 saturated heterocycles. The molecule has 10 heteroatoms. The predicted octanol–water partition coefficient (Wildman–Crippen LogP) is 3.77. The van der Waals surface area contributed by atoms with E-state index in [0.29, 0.717) is 35.7 Å². The van der Waals surface area contributed by atoms with Crippen molar-refractivity contribution in [3.8, 4) is 17.3 Å². The van der Waals surface area contributed by atoms with Crippen molar-refractivity contribution < 1.29 is 9.18 Å². The molecule has 1 aliphatic rings. The van der Waals surface area contributed by atoms with Crippen LogP contribution in [0.15, 0.2) is 71.4 Å². The minimum atomic E-state index is -1.24. The predicted molar refractivity (Wildman–Crippen MR) is 158 cm³/mol. The number of rotatable bonds is 10.